The average Bonchev–Trinajstić information content (AvgIpc) is 3.29. The van der Waals surface area contributed by atoms with E-state index in [1.165, 1.54) is 18.3 Å². The fourth-order valence-corrected chi connectivity index (χ4v) is 5.90. The van der Waals surface area contributed by atoms with Crippen LogP contribution >= 0.6 is 0 Å². The standard InChI is InChI=1S/C25H25F2N5O2S/c1-13-16(17-7-15(26)8-21-18(17)10-29-32(21)35(4,33)34)9-20(27)23-22(13)24-19(25(2,3)30-23)11-28-31(24)12-14-5-6-14/h7-11,14,30H,5-6,12H2,1-4H3. The summed E-state index contributed by atoms with van der Waals surface area (Å²) in [6.07, 6.45) is 6.54. The van der Waals surface area contributed by atoms with Crippen LogP contribution in [0.2, 0.25) is 0 Å². The van der Waals surface area contributed by atoms with Crippen LogP contribution in [-0.4, -0.2) is 33.6 Å². The first-order valence-electron chi connectivity index (χ1n) is 11.5. The van der Waals surface area contributed by atoms with E-state index in [9.17, 15) is 12.8 Å². The van der Waals surface area contributed by atoms with E-state index in [1.54, 1.807) is 0 Å². The fraction of sp³-hybridized carbons (Fsp3) is 0.360. The van der Waals surface area contributed by atoms with Crippen molar-refractivity contribution in [1.29, 1.82) is 0 Å². The van der Waals surface area contributed by atoms with Crippen LogP contribution in [0.5, 0.6) is 0 Å². The molecule has 1 aliphatic heterocycles. The molecule has 2 aromatic carbocycles. The highest BCUT2D eigenvalue weighted by Gasteiger charge is 2.38. The topological polar surface area (TPSA) is 81.8 Å². The van der Waals surface area contributed by atoms with Gasteiger partial charge >= 0.3 is 0 Å². The lowest BCUT2D eigenvalue weighted by molar-refractivity contribution is 0.555. The van der Waals surface area contributed by atoms with Gasteiger partial charge in [-0.2, -0.15) is 14.3 Å². The van der Waals surface area contributed by atoms with E-state index >= 15 is 4.39 Å². The van der Waals surface area contributed by atoms with Crippen molar-refractivity contribution in [3.05, 3.63) is 53.4 Å². The molecule has 4 aromatic rings. The van der Waals surface area contributed by atoms with Crippen LogP contribution in [-0.2, 0) is 22.1 Å². The zero-order valence-corrected chi connectivity index (χ0v) is 20.7. The molecular weight excluding hydrogens is 472 g/mol. The molecule has 0 unspecified atom stereocenters. The van der Waals surface area contributed by atoms with E-state index in [2.05, 4.69) is 15.5 Å². The number of aromatic nitrogens is 4. The third-order valence-corrected chi connectivity index (χ3v) is 8.00. The summed E-state index contributed by atoms with van der Waals surface area (Å²) in [5.74, 6) is -0.529. The van der Waals surface area contributed by atoms with Gasteiger partial charge in [0.2, 0.25) is 0 Å². The van der Waals surface area contributed by atoms with Crippen LogP contribution in [0.4, 0.5) is 14.5 Å². The van der Waals surface area contributed by atoms with Gasteiger partial charge in [0.05, 0.1) is 41.1 Å². The van der Waals surface area contributed by atoms with Crippen LogP contribution in [0.15, 0.2) is 30.6 Å². The number of hydrogen-bond donors (Lipinski definition) is 1. The molecule has 1 N–H and O–H groups in total. The second-order valence-corrected chi connectivity index (χ2v) is 12.0. The van der Waals surface area contributed by atoms with Crippen LogP contribution in [0.25, 0.3) is 33.3 Å². The first-order valence-corrected chi connectivity index (χ1v) is 13.4. The van der Waals surface area contributed by atoms with Gasteiger partial charge in [0.15, 0.2) is 0 Å². The third kappa shape index (κ3) is 3.37. The molecule has 0 saturated heterocycles. The zero-order chi connectivity index (χ0) is 24.9. The first kappa shape index (κ1) is 22.2. The Bertz CT molecular complexity index is 1650. The summed E-state index contributed by atoms with van der Waals surface area (Å²) in [6.45, 7) is 6.64. The molecule has 3 heterocycles. The number of nitrogens with zero attached hydrogens (tertiary/aromatic N) is 4. The summed E-state index contributed by atoms with van der Waals surface area (Å²) < 4.78 is 57.6. The number of halogens is 2. The Balaban J connectivity index is 1.64. The van der Waals surface area contributed by atoms with E-state index in [4.69, 9.17) is 0 Å². The summed E-state index contributed by atoms with van der Waals surface area (Å²) in [4.78, 5) is 0. The monoisotopic (exact) mass is 497 g/mol. The predicted molar refractivity (Wildman–Crippen MR) is 131 cm³/mol. The van der Waals surface area contributed by atoms with E-state index < -0.39 is 27.2 Å². The molecule has 2 aliphatic rings. The highest BCUT2D eigenvalue weighted by Crippen LogP contribution is 2.49. The van der Waals surface area contributed by atoms with E-state index in [-0.39, 0.29) is 5.52 Å². The second-order valence-electron chi connectivity index (χ2n) is 10.2. The lowest BCUT2D eigenvalue weighted by Crippen LogP contribution is -2.33. The molecule has 0 atom stereocenters. The molecule has 2 aromatic heterocycles. The van der Waals surface area contributed by atoms with Gasteiger partial charge in [-0.3, -0.25) is 4.68 Å². The van der Waals surface area contributed by atoms with E-state index in [1.807, 2.05) is 31.6 Å². The smallest absolute Gasteiger partial charge is 0.251 e. The predicted octanol–water partition coefficient (Wildman–Crippen LogP) is 5.03. The van der Waals surface area contributed by atoms with Crippen LogP contribution in [0, 0.1) is 24.5 Å². The number of fused-ring (bicyclic) bond motifs is 4. The average molecular weight is 498 g/mol. The highest BCUT2D eigenvalue weighted by molar-refractivity contribution is 7.89. The molecule has 0 amide bonds. The Kier molecular flexibility index (Phi) is 4.52. The summed E-state index contributed by atoms with van der Waals surface area (Å²) in [5.41, 5.74) is 4.12. The quantitative estimate of drug-likeness (QED) is 0.428. The molecule has 35 heavy (non-hydrogen) atoms. The van der Waals surface area contributed by atoms with Crippen LogP contribution in [0.1, 0.15) is 37.8 Å². The van der Waals surface area contributed by atoms with Gasteiger partial charge in [0.1, 0.15) is 11.6 Å². The second kappa shape index (κ2) is 7.13. The maximum absolute atomic E-state index is 15.7. The molecule has 0 bridgehead atoms. The number of benzene rings is 2. The van der Waals surface area contributed by atoms with Crippen molar-refractivity contribution in [2.75, 3.05) is 11.6 Å². The SMILES string of the molecule is Cc1c(-c2cc(F)cc3c2cnn3S(C)(=O)=O)cc(F)c2c1-c1c(cnn1CC1CC1)C(C)(C)N2. The van der Waals surface area contributed by atoms with Gasteiger partial charge in [-0.05, 0) is 68.4 Å². The van der Waals surface area contributed by atoms with Gasteiger partial charge < -0.3 is 5.32 Å². The lowest BCUT2D eigenvalue weighted by atomic mass is 9.82. The van der Waals surface area contributed by atoms with Crippen LogP contribution < -0.4 is 5.32 Å². The first-order chi connectivity index (χ1) is 16.5. The minimum Gasteiger partial charge on any atom is -0.373 e. The van der Waals surface area contributed by atoms with Crippen molar-refractivity contribution in [3.63, 3.8) is 0 Å². The van der Waals surface area contributed by atoms with Crippen molar-refractivity contribution < 1.29 is 17.2 Å². The molecule has 10 heteroatoms. The Morgan fingerprint density at radius 1 is 1.11 bits per heavy atom. The van der Waals surface area contributed by atoms with Gasteiger partial charge in [0.25, 0.3) is 10.0 Å². The molecular formula is C25H25F2N5O2S. The minimum absolute atomic E-state index is 0.110. The Labute approximate surface area is 201 Å². The number of rotatable bonds is 4. The van der Waals surface area contributed by atoms with Crippen molar-refractivity contribution >= 4 is 26.6 Å². The summed E-state index contributed by atoms with van der Waals surface area (Å²) >= 11 is 0. The van der Waals surface area contributed by atoms with Crippen molar-refractivity contribution in [3.8, 4) is 22.4 Å². The number of hydrogen-bond acceptors (Lipinski definition) is 5. The molecule has 1 aliphatic carbocycles. The summed E-state index contributed by atoms with van der Waals surface area (Å²) in [7, 11) is -3.75. The van der Waals surface area contributed by atoms with Gasteiger partial charge in [0, 0.05) is 29.1 Å². The van der Waals surface area contributed by atoms with Gasteiger partial charge in [-0.15, -0.1) is 0 Å². The Hall–Kier alpha value is -3.27. The largest absolute Gasteiger partial charge is 0.373 e. The molecule has 182 valence electrons. The van der Waals surface area contributed by atoms with Crippen molar-refractivity contribution in [2.24, 2.45) is 5.92 Å². The molecule has 1 fully saturated rings. The highest BCUT2D eigenvalue weighted by atomic mass is 32.2. The van der Waals surface area contributed by atoms with Gasteiger partial charge in [-0.1, -0.05) is 0 Å². The molecule has 0 spiro atoms. The summed E-state index contributed by atoms with van der Waals surface area (Å²) in [6, 6.07) is 3.81. The Morgan fingerprint density at radius 3 is 2.54 bits per heavy atom. The molecule has 6 rings (SSSR count). The van der Waals surface area contributed by atoms with Gasteiger partial charge in [-0.25, -0.2) is 17.2 Å². The molecule has 7 nitrogen and oxygen atoms in total. The van der Waals surface area contributed by atoms with Crippen molar-refractivity contribution in [1.82, 2.24) is 19.0 Å². The Morgan fingerprint density at radius 2 is 1.86 bits per heavy atom. The number of nitrogens with one attached hydrogen (secondary N) is 1. The van der Waals surface area contributed by atoms with E-state index in [0.717, 1.165) is 52.6 Å². The fourth-order valence-electron chi connectivity index (χ4n) is 5.17. The number of anilines is 1. The normalized spacial score (nSPS) is 16.7. The van der Waals surface area contributed by atoms with Crippen molar-refractivity contribution in [2.45, 2.75) is 45.7 Å². The zero-order valence-electron chi connectivity index (χ0n) is 19.9. The van der Waals surface area contributed by atoms with E-state index in [0.29, 0.717) is 33.7 Å². The molecule has 1 saturated carbocycles. The third-order valence-electron chi connectivity index (χ3n) is 7.08. The maximum atomic E-state index is 15.7. The molecule has 0 radical (unpaired) electrons. The lowest BCUT2D eigenvalue weighted by Gasteiger charge is -2.35. The summed E-state index contributed by atoms with van der Waals surface area (Å²) in [5, 5.41) is 12.4. The van der Waals surface area contributed by atoms with Crippen LogP contribution in [0.3, 0.4) is 0 Å². The minimum atomic E-state index is -3.75. The maximum Gasteiger partial charge on any atom is 0.251 e.